The molecule has 128 valence electrons. The normalized spacial score (nSPS) is 14.7. The molecule has 0 fully saturated rings. The molecule has 0 aliphatic heterocycles. The number of alkyl halides is 7. The molecule has 0 aromatic rings. The minimum Gasteiger partial charge on any atom is -0.263 e. The summed E-state index contributed by atoms with van der Waals surface area (Å²) in [6.07, 6.45) is 0. The second kappa shape index (κ2) is 6.62. The van der Waals surface area contributed by atoms with Crippen molar-refractivity contribution in [2.24, 2.45) is 5.92 Å². The van der Waals surface area contributed by atoms with Crippen LogP contribution >= 0.6 is 0 Å². The topological polar surface area (TPSA) is 86.7 Å². The van der Waals surface area contributed by atoms with Gasteiger partial charge in [-0.25, -0.2) is 0 Å². The summed E-state index contributed by atoms with van der Waals surface area (Å²) in [5.74, 6) is -1.97. The molecular weight excluding hydrogens is 365 g/mol. The van der Waals surface area contributed by atoms with Gasteiger partial charge in [0.25, 0.3) is 0 Å². The molecule has 0 aromatic heterocycles. The van der Waals surface area contributed by atoms with Crippen molar-refractivity contribution in [1.82, 2.24) is 0 Å². The summed E-state index contributed by atoms with van der Waals surface area (Å²) in [4.78, 5) is 0. The van der Waals surface area contributed by atoms with E-state index in [1.165, 1.54) is 0 Å². The van der Waals surface area contributed by atoms with Gasteiger partial charge in [-0.3, -0.25) is 12.8 Å². The van der Waals surface area contributed by atoms with E-state index in [1.807, 2.05) is 0 Å². The first kappa shape index (κ1) is 20.3. The van der Waals surface area contributed by atoms with E-state index in [1.54, 1.807) is 0 Å². The molecule has 0 aromatic carbocycles. The Labute approximate surface area is 114 Å². The summed E-state index contributed by atoms with van der Waals surface area (Å²) in [6.45, 7) is -4.78. The maximum Gasteiger partial charge on any atom is 0.523 e. The molecule has 0 aliphatic rings. The first-order valence-corrected chi connectivity index (χ1v) is 7.43. The Hall–Kier alpha value is -0.670. The van der Waals surface area contributed by atoms with Gasteiger partial charge in [-0.05, 0) is 0 Å². The minimum absolute atomic E-state index is 1.55. The molecule has 0 unspecified atom stereocenters. The Morgan fingerprint density at radius 3 is 1.24 bits per heavy atom. The lowest BCUT2D eigenvalue weighted by Crippen LogP contribution is -2.32. The van der Waals surface area contributed by atoms with Crippen LogP contribution in [-0.2, 0) is 28.6 Å². The summed E-state index contributed by atoms with van der Waals surface area (Å²) in [6, 6.07) is 0. The second-order valence-corrected chi connectivity index (χ2v) is 6.60. The Morgan fingerprint density at radius 1 is 0.762 bits per heavy atom. The summed E-state index contributed by atoms with van der Waals surface area (Å²) in [7, 11) is -12.2. The van der Waals surface area contributed by atoms with Gasteiger partial charge in [0.2, 0.25) is 0 Å². The van der Waals surface area contributed by atoms with E-state index in [0.29, 0.717) is 0 Å². The van der Waals surface area contributed by atoms with Crippen molar-refractivity contribution in [3.05, 3.63) is 0 Å². The summed E-state index contributed by atoms with van der Waals surface area (Å²) < 4.78 is 132. The van der Waals surface area contributed by atoms with Gasteiger partial charge in [0.1, 0.15) is 0 Å². The van der Waals surface area contributed by atoms with Crippen LogP contribution < -0.4 is 0 Å². The van der Waals surface area contributed by atoms with Crippen LogP contribution in [0.5, 0.6) is 0 Å². The zero-order valence-corrected chi connectivity index (χ0v) is 11.2. The largest absolute Gasteiger partial charge is 0.523 e. The number of halogens is 7. The van der Waals surface area contributed by atoms with Crippen molar-refractivity contribution in [2.45, 2.75) is 11.0 Å². The van der Waals surface area contributed by atoms with Gasteiger partial charge < -0.3 is 0 Å². The fourth-order valence-corrected chi connectivity index (χ4v) is 1.65. The summed E-state index contributed by atoms with van der Waals surface area (Å²) >= 11 is 0. The monoisotopic (exact) mass is 372 g/mol. The molecule has 6 nitrogen and oxygen atoms in total. The van der Waals surface area contributed by atoms with Crippen LogP contribution in [-0.4, -0.2) is 47.7 Å². The lowest BCUT2D eigenvalue weighted by molar-refractivity contribution is -0.0579. The zero-order chi connectivity index (χ0) is 17.1. The molecule has 0 heterocycles. The molecule has 15 heteroatoms. The van der Waals surface area contributed by atoms with Crippen LogP contribution in [0.1, 0.15) is 0 Å². The molecule has 0 amide bonds. The van der Waals surface area contributed by atoms with E-state index in [2.05, 4.69) is 8.37 Å². The van der Waals surface area contributed by atoms with E-state index in [-0.39, 0.29) is 0 Å². The van der Waals surface area contributed by atoms with E-state index in [9.17, 15) is 47.6 Å². The molecule has 0 atom stereocenters. The maximum absolute atomic E-state index is 12.3. The molecule has 21 heavy (non-hydrogen) atoms. The van der Waals surface area contributed by atoms with Crippen molar-refractivity contribution in [3.8, 4) is 0 Å². The Morgan fingerprint density at radius 2 is 1.05 bits per heavy atom. The molecule has 0 N–H and O–H groups in total. The average Bonchev–Trinajstić information content (AvgIpc) is 2.26. The molecule has 0 spiro atoms. The van der Waals surface area contributed by atoms with Gasteiger partial charge in [-0.1, -0.05) is 0 Å². The van der Waals surface area contributed by atoms with Crippen LogP contribution in [0.25, 0.3) is 0 Å². The standard InChI is InChI=1S/C6H7F7O6S2/c7-1-4(2-18-20(14,15)5(8,9)10)3-19-21(16,17)6(11,12)13/h4H,1-3H2. The predicted octanol–water partition coefficient (Wildman–Crippen LogP) is 1.30. The van der Waals surface area contributed by atoms with Gasteiger partial charge >= 0.3 is 31.3 Å². The lowest BCUT2D eigenvalue weighted by Gasteiger charge is -2.15. The van der Waals surface area contributed by atoms with Crippen molar-refractivity contribution in [1.29, 1.82) is 0 Å². The van der Waals surface area contributed by atoms with E-state index >= 15 is 0 Å². The first-order chi connectivity index (χ1) is 9.14. The quantitative estimate of drug-likeness (QED) is 0.380. The van der Waals surface area contributed by atoms with Crippen LogP contribution in [0, 0.1) is 5.92 Å². The van der Waals surface area contributed by atoms with Crippen molar-refractivity contribution >= 4 is 20.2 Å². The van der Waals surface area contributed by atoms with Gasteiger partial charge in [-0.15, -0.1) is 0 Å². The molecule has 0 saturated carbocycles. The SMILES string of the molecule is O=S(=O)(OCC(CF)COS(=O)(=O)C(F)(F)F)C(F)(F)F. The number of hydrogen-bond acceptors (Lipinski definition) is 6. The van der Waals surface area contributed by atoms with E-state index < -0.39 is 57.1 Å². The summed E-state index contributed by atoms with van der Waals surface area (Å²) in [5, 5.41) is 0. The van der Waals surface area contributed by atoms with Crippen LogP contribution in [0.15, 0.2) is 0 Å². The molecular formula is C6H7F7O6S2. The molecule has 0 radical (unpaired) electrons. The number of rotatable bonds is 7. The first-order valence-electron chi connectivity index (χ1n) is 4.61. The summed E-state index contributed by atoms with van der Waals surface area (Å²) in [5.41, 5.74) is -11.6. The second-order valence-electron chi connectivity index (χ2n) is 3.39. The van der Waals surface area contributed by atoms with Crippen LogP contribution in [0.2, 0.25) is 0 Å². The highest BCUT2D eigenvalue weighted by Gasteiger charge is 2.49. The molecule has 0 saturated heterocycles. The minimum atomic E-state index is -6.08. The van der Waals surface area contributed by atoms with E-state index in [0.717, 1.165) is 0 Å². The highest BCUT2D eigenvalue weighted by atomic mass is 32.2. The zero-order valence-electron chi connectivity index (χ0n) is 9.61. The molecule has 0 bridgehead atoms. The highest BCUT2D eigenvalue weighted by Crippen LogP contribution is 2.27. The predicted molar refractivity (Wildman–Crippen MR) is 51.3 cm³/mol. The highest BCUT2D eigenvalue weighted by molar-refractivity contribution is 7.87. The van der Waals surface area contributed by atoms with Crippen molar-refractivity contribution in [3.63, 3.8) is 0 Å². The third-order valence-corrected chi connectivity index (χ3v) is 3.73. The van der Waals surface area contributed by atoms with Gasteiger partial charge in [0.15, 0.2) is 0 Å². The Balaban J connectivity index is 4.66. The molecule has 0 rings (SSSR count). The fourth-order valence-electron chi connectivity index (χ4n) is 0.642. The third kappa shape index (κ3) is 5.91. The third-order valence-electron chi connectivity index (χ3n) is 1.70. The van der Waals surface area contributed by atoms with Crippen molar-refractivity contribution < 1.29 is 55.9 Å². The molecule has 0 aliphatic carbocycles. The van der Waals surface area contributed by atoms with Crippen molar-refractivity contribution in [2.75, 3.05) is 19.9 Å². The van der Waals surface area contributed by atoms with E-state index in [4.69, 9.17) is 0 Å². The Kier molecular flexibility index (Phi) is 6.41. The smallest absolute Gasteiger partial charge is 0.263 e. The average molecular weight is 372 g/mol. The van der Waals surface area contributed by atoms with Crippen LogP contribution in [0.3, 0.4) is 0 Å². The van der Waals surface area contributed by atoms with Gasteiger partial charge in [0.05, 0.1) is 19.9 Å². The Bertz CT molecular complexity index is 485. The van der Waals surface area contributed by atoms with Gasteiger partial charge in [-0.2, -0.15) is 43.2 Å². The maximum atomic E-state index is 12.3. The number of hydrogen-bond donors (Lipinski definition) is 0. The van der Waals surface area contributed by atoms with Gasteiger partial charge in [0, 0.05) is 5.92 Å². The fraction of sp³-hybridized carbons (Fsp3) is 1.00. The lowest BCUT2D eigenvalue weighted by atomic mass is 10.2. The van der Waals surface area contributed by atoms with Crippen LogP contribution in [0.4, 0.5) is 30.7 Å².